The number of carbonyl (C=O) groups excluding carboxylic acids is 1. The van der Waals surface area contributed by atoms with Gasteiger partial charge in [0, 0.05) is 19.0 Å². The van der Waals surface area contributed by atoms with Crippen LogP contribution in [0.1, 0.15) is 39.7 Å². The van der Waals surface area contributed by atoms with E-state index in [-0.39, 0.29) is 5.92 Å². The average molecular weight is 404 g/mol. The molecule has 1 aliphatic rings. The topological polar surface area (TPSA) is 55.6 Å². The molecule has 8 heteroatoms. The van der Waals surface area contributed by atoms with E-state index in [1.54, 1.807) is 18.2 Å². The smallest absolute Gasteiger partial charge is 0.416 e. The number of halogens is 3. The maximum Gasteiger partial charge on any atom is 0.416 e. The molecule has 2 aromatic carbocycles. The number of esters is 1. The summed E-state index contributed by atoms with van der Waals surface area (Å²) in [6.07, 6.45) is -3.51. The van der Waals surface area contributed by atoms with Crippen LogP contribution in [0, 0.1) is 0 Å². The average Bonchev–Trinajstić information content (AvgIpc) is 3.33. The maximum atomic E-state index is 12.7. The molecule has 0 aliphatic carbocycles. The molecular formula is C21H19F3N2O3. The van der Waals surface area contributed by atoms with E-state index >= 15 is 0 Å². The summed E-state index contributed by atoms with van der Waals surface area (Å²) < 4.78 is 48.8. The molecule has 1 aliphatic heterocycles. The van der Waals surface area contributed by atoms with Gasteiger partial charge < -0.3 is 9.15 Å². The molecule has 2 heterocycles. The number of carbonyl (C=O) groups is 1. The van der Waals surface area contributed by atoms with Crippen molar-refractivity contribution < 1.29 is 27.1 Å². The van der Waals surface area contributed by atoms with Gasteiger partial charge in [-0.1, -0.05) is 18.2 Å². The number of alkyl halides is 3. The molecule has 3 aromatic rings. The van der Waals surface area contributed by atoms with Gasteiger partial charge in [0.25, 0.3) is 0 Å². The van der Waals surface area contributed by atoms with Gasteiger partial charge in [-0.15, -0.1) is 0 Å². The number of oxazole rings is 1. The molecule has 0 spiro atoms. The minimum absolute atomic E-state index is 0.0577. The molecule has 1 fully saturated rings. The van der Waals surface area contributed by atoms with Gasteiger partial charge in [-0.05, 0) is 42.8 Å². The van der Waals surface area contributed by atoms with E-state index in [1.165, 1.54) is 19.2 Å². The second kappa shape index (κ2) is 7.51. The fourth-order valence-corrected chi connectivity index (χ4v) is 3.65. The van der Waals surface area contributed by atoms with Crippen molar-refractivity contribution in [2.24, 2.45) is 0 Å². The molecule has 4 rings (SSSR count). The molecule has 0 saturated carbocycles. The summed E-state index contributed by atoms with van der Waals surface area (Å²) in [4.78, 5) is 18.6. The van der Waals surface area contributed by atoms with E-state index < -0.39 is 17.7 Å². The van der Waals surface area contributed by atoms with Gasteiger partial charge >= 0.3 is 12.1 Å². The number of aromatic nitrogens is 1. The van der Waals surface area contributed by atoms with Crippen molar-refractivity contribution in [1.29, 1.82) is 0 Å². The van der Waals surface area contributed by atoms with E-state index in [4.69, 9.17) is 9.15 Å². The van der Waals surface area contributed by atoms with Gasteiger partial charge in [-0.25, -0.2) is 9.78 Å². The number of likely N-dealkylation sites (tertiary alicyclic amines) is 1. The van der Waals surface area contributed by atoms with Gasteiger partial charge in [0.2, 0.25) is 0 Å². The minimum Gasteiger partial charge on any atom is -0.465 e. The van der Waals surface area contributed by atoms with Crippen LogP contribution < -0.4 is 0 Å². The number of para-hydroxylation sites is 1. The van der Waals surface area contributed by atoms with Crippen LogP contribution in [0.5, 0.6) is 0 Å². The molecule has 1 saturated heterocycles. The molecule has 152 valence electrons. The number of hydrogen-bond acceptors (Lipinski definition) is 5. The van der Waals surface area contributed by atoms with Crippen LogP contribution in [-0.2, 0) is 17.5 Å². The number of rotatable bonds is 4. The summed E-state index contributed by atoms with van der Waals surface area (Å²) in [5.41, 5.74) is 1.53. The fourth-order valence-electron chi connectivity index (χ4n) is 3.65. The van der Waals surface area contributed by atoms with Gasteiger partial charge in [0.05, 0.1) is 12.7 Å². The Morgan fingerprint density at radius 1 is 1.24 bits per heavy atom. The van der Waals surface area contributed by atoms with Crippen molar-refractivity contribution in [2.45, 2.75) is 25.1 Å². The molecular weight excluding hydrogens is 385 g/mol. The number of methoxy groups -OCH3 is 1. The zero-order valence-corrected chi connectivity index (χ0v) is 15.7. The summed E-state index contributed by atoms with van der Waals surface area (Å²) in [7, 11) is 1.31. The maximum absolute atomic E-state index is 12.7. The lowest BCUT2D eigenvalue weighted by Gasteiger charge is -2.16. The Hall–Kier alpha value is -2.87. The van der Waals surface area contributed by atoms with Gasteiger partial charge in [0.1, 0.15) is 11.1 Å². The largest absolute Gasteiger partial charge is 0.465 e. The van der Waals surface area contributed by atoms with E-state index in [9.17, 15) is 18.0 Å². The van der Waals surface area contributed by atoms with Crippen LogP contribution in [-0.4, -0.2) is 36.1 Å². The minimum atomic E-state index is -4.33. The third-order valence-corrected chi connectivity index (χ3v) is 5.15. The zero-order valence-electron chi connectivity index (χ0n) is 15.7. The Bertz CT molecular complexity index is 1030. The lowest BCUT2D eigenvalue weighted by molar-refractivity contribution is -0.137. The second-order valence-electron chi connectivity index (χ2n) is 7.11. The predicted octanol–water partition coefficient (Wildman–Crippen LogP) is 4.62. The number of hydrogen-bond donors (Lipinski definition) is 0. The normalized spacial score (nSPS) is 17.7. The Balaban J connectivity index is 1.47. The number of fused-ring (bicyclic) bond motifs is 1. The molecule has 1 atom stereocenters. The third-order valence-electron chi connectivity index (χ3n) is 5.15. The van der Waals surface area contributed by atoms with Crippen LogP contribution in [0.25, 0.3) is 11.1 Å². The van der Waals surface area contributed by atoms with Crippen LogP contribution in [0.2, 0.25) is 0 Å². The van der Waals surface area contributed by atoms with E-state index in [1.807, 2.05) is 0 Å². The molecule has 0 N–H and O–H groups in total. The first-order chi connectivity index (χ1) is 13.8. The molecule has 0 amide bonds. The first kappa shape index (κ1) is 19.4. The highest BCUT2D eigenvalue weighted by molar-refractivity contribution is 6.00. The summed E-state index contributed by atoms with van der Waals surface area (Å²) >= 11 is 0. The summed E-state index contributed by atoms with van der Waals surface area (Å²) in [6.45, 7) is 2.03. The summed E-state index contributed by atoms with van der Waals surface area (Å²) in [6, 6.07) is 10.4. The molecule has 0 radical (unpaired) electrons. The lowest BCUT2D eigenvalue weighted by Crippen LogP contribution is -2.20. The molecule has 29 heavy (non-hydrogen) atoms. The fraction of sp³-hybridized carbons (Fsp3) is 0.333. The first-order valence-corrected chi connectivity index (χ1v) is 9.21. The van der Waals surface area contributed by atoms with Crippen LogP contribution >= 0.6 is 0 Å². The Kier molecular flexibility index (Phi) is 5.04. The highest BCUT2D eigenvalue weighted by Gasteiger charge is 2.31. The zero-order chi connectivity index (χ0) is 20.6. The Morgan fingerprint density at radius 3 is 2.69 bits per heavy atom. The predicted molar refractivity (Wildman–Crippen MR) is 99.4 cm³/mol. The summed E-state index contributed by atoms with van der Waals surface area (Å²) in [5.74, 6) is 0.141. The highest BCUT2D eigenvalue weighted by Crippen LogP contribution is 2.32. The van der Waals surface area contributed by atoms with E-state index in [0.717, 1.165) is 30.7 Å². The van der Waals surface area contributed by atoms with Crippen molar-refractivity contribution in [3.8, 4) is 0 Å². The molecule has 0 bridgehead atoms. The molecule has 1 unspecified atom stereocenters. The quantitative estimate of drug-likeness (QED) is 0.594. The number of nitrogens with zero attached hydrogens (tertiary/aromatic N) is 2. The van der Waals surface area contributed by atoms with Crippen LogP contribution in [0.3, 0.4) is 0 Å². The highest BCUT2D eigenvalue weighted by atomic mass is 19.4. The third kappa shape index (κ3) is 3.98. The van der Waals surface area contributed by atoms with Crippen molar-refractivity contribution in [1.82, 2.24) is 9.88 Å². The van der Waals surface area contributed by atoms with Gasteiger partial charge in [0.15, 0.2) is 11.5 Å². The van der Waals surface area contributed by atoms with Crippen LogP contribution in [0.4, 0.5) is 13.2 Å². The Labute approximate surface area is 165 Å². The van der Waals surface area contributed by atoms with Crippen molar-refractivity contribution in [3.05, 3.63) is 65.0 Å². The van der Waals surface area contributed by atoms with Gasteiger partial charge in [-0.2, -0.15) is 13.2 Å². The monoisotopic (exact) mass is 404 g/mol. The first-order valence-electron chi connectivity index (χ1n) is 9.21. The van der Waals surface area contributed by atoms with E-state index in [2.05, 4.69) is 9.88 Å². The standard InChI is InChI=1S/C21H19F3N2O3/c1-28-20(27)16-3-2-4-17-18(16)29-19(25-17)14-9-10-26(12-14)11-13-5-7-15(8-6-13)21(22,23)24/h2-8,14H,9-12H2,1H3. The molecule has 1 aromatic heterocycles. The number of ether oxygens (including phenoxy) is 1. The van der Waals surface area contributed by atoms with E-state index in [0.29, 0.717) is 35.6 Å². The SMILES string of the molecule is COC(=O)c1cccc2nc(C3CCN(Cc4ccc(C(F)(F)F)cc4)C3)oc12. The van der Waals surface area contributed by atoms with Gasteiger partial charge in [-0.3, -0.25) is 4.90 Å². The van der Waals surface area contributed by atoms with Crippen molar-refractivity contribution in [2.75, 3.05) is 20.2 Å². The van der Waals surface area contributed by atoms with Crippen LogP contribution in [0.15, 0.2) is 46.9 Å². The van der Waals surface area contributed by atoms with Crippen molar-refractivity contribution in [3.63, 3.8) is 0 Å². The number of benzene rings is 2. The summed E-state index contributed by atoms with van der Waals surface area (Å²) in [5, 5.41) is 0. The van der Waals surface area contributed by atoms with Crippen molar-refractivity contribution >= 4 is 17.1 Å². The Morgan fingerprint density at radius 2 is 2.00 bits per heavy atom. The lowest BCUT2D eigenvalue weighted by atomic mass is 10.1. The second-order valence-corrected chi connectivity index (χ2v) is 7.11. The molecule has 5 nitrogen and oxygen atoms in total.